The Bertz CT molecular complexity index is 515. The number of amides is 3. The molecule has 2 rings (SSSR count). The van der Waals surface area contributed by atoms with Crippen LogP contribution in [0, 0.1) is 11.7 Å². The van der Waals surface area contributed by atoms with Crippen LogP contribution in [0.4, 0.5) is 9.18 Å². The Morgan fingerprint density at radius 2 is 1.96 bits per heavy atom. The second-order valence-electron chi connectivity index (χ2n) is 5.68. The standard InChI is InChI=1S/C16H23FN4O2/c17-14-5-3-12(4-6-14)9-20-16(23)21-11-15(22)19-10-13-2-1-7-18-8-13/h3-6,13,18H,1-2,7-11H2,(H,19,22)(H2,20,21,23). The summed E-state index contributed by atoms with van der Waals surface area (Å²) in [5.41, 5.74) is 0.788. The number of piperidine rings is 1. The predicted octanol–water partition coefficient (Wildman–Crippen LogP) is 0.741. The van der Waals surface area contributed by atoms with Crippen molar-refractivity contribution in [1.82, 2.24) is 21.3 Å². The Balaban J connectivity index is 1.57. The van der Waals surface area contributed by atoms with Crippen molar-refractivity contribution in [1.29, 1.82) is 0 Å². The lowest BCUT2D eigenvalue weighted by atomic mass is 10.00. The molecule has 1 aromatic carbocycles. The fourth-order valence-corrected chi connectivity index (χ4v) is 2.43. The summed E-state index contributed by atoms with van der Waals surface area (Å²) in [7, 11) is 0. The monoisotopic (exact) mass is 322 g/mol. The highest BCUT2D eigenvalue weighted by Crippen LogP contribution is 2.07. The number of hydrogen-bond donors (Lipinski definition) is 4. The molecule has 1 heterocycles. The summed E-state index contributed by atoms with van der Waals surface area (Å²) >= 11 is 0. The summed E-state index contributed by atoms with van der Waals surface area (Å²) in [6.45, 7) is 2.81. The van der Waals surface area contributed by atoms with Gasteiger partial charge in [0.15, 0.2) is 0 Å². The Morgan fingerprint density at radius 1 is 1.17 bits per heavy atom. The van der Waals surface area contributed by atoms with Crippen LogP contribution >= 0.6 is 0 Å². The molecule has 0 aliphatic carbocycles. The summed E-state index contributed by atoms with van der Waals surface area (Å²) in [4.78, 5) is 23.3. The maximum atomic E-state index is 12.8. The van der Waals surface area contributed by atoms with Gasteiger partial charge in [-0.2, -0.15) is 0 Å². The number of rotatable bonds is 6. The van der Waals surface area contributed by atoms with E-state index in [1.807, 2.05) is 0 Å². The Hall–Kier alpha value is -2.15. The molecule has 7 heteroatoms. The van der Waals surface area contributed by atoms with E-state index in [4.69, 9.17) is 0 Å². The van der Waals surface area contributed by atoms with Gasteiger partial charge in [-0.3, -0.25) is 4.79 Å². The maximum absolute atomic E-state index is 12.8. The zero-order valence-electron chi connectivity index (χ0n) is 13.0. The minimum Gasteiger partial charge on any atom is -0.354 e. The number of carbonyl (C=O) groups is 2. The second kappa shape index (κ2) is 9.09. The molecule has 1 aromatic rings. The molecule has 3 amide bonds. The largest absolute Gasteiger partial charge is 0.354 e. The van der Waals surface area contributed by atoms with E-state index >= 15 is 0 Å². The lowest BCUT2D eigenvalue weighted by molar-refractivity contribution is -0.120. The van der Waals surface area contributed by atoms with Gasteiger partial charge in [0.1, 0.15) is 5.82 Å². The third-order valence-electron chi connectivity index (χ3n) is 3.76. The van der Waals surface area contributed by atoms with E-state index in [2.05, 4.69) is 21.3 Å². The minimum atomic E-state index is -0.427. The van der Waals surface area contributed by atoms with Crippen molar-refractivity contribution in [2.45, 2.75) is 19.4 Å². The Morgan fingerprint density at radius 3 is 2.65 bits per heavy atom. The van der Waals surface area contributed by atoms with E-state index in [0.29, 0.717) is 12.5 Å². The predicted molar refractivity (Wildman–Crippen MR) is 85.2 cm³/mol. The van der Waals surface area contributed by atoms with Gasteiger partial charge in [0, 0.05) is 13.1 Å². The molecular weight excluding hydrogens is 299 g/mol. The van der Waals surface area contributed by atoms with Crippen LogP contribution in [0.2, 0.25) is 0 Å². The molecule has 0 saturated carbocycles. The first kappa shape index (κ1) is 17.2. The molecule has 0 bridgehead atoms. The van der Waals surface area contributed by atoms with Crippen LogP contribution < -0.4 is 21.3 Å². The van der Waals surface area contributed by atoms with Crippen molar-refractivity contribution in [2.75, 3.05) is 26.2 Å². The zero-order chi connectivity index (χ0) is 16.5. The molecule has 0 aromatic heterocycles. The third-order valence-corrected chi connectivity index (χ3v) is 3.76. The minimum absolute atomic E-state index is 0.0601. The molecule has 0 radical (unpaired) electrons. The molecule has 1 aliphatic rings. The fourth-order valence-electron chi connectivity index (χ4n) is 2.43. The van der Waals surface area contributed by atoms with Gasteiger partial charge in [0.2, 0.25) is 5.91 Å². The molecule has 23 heavy (non-hydrogen) atoms. The number of nitrogens with one attached hydrogen (secondary N) is 4. The number of carbonyl (C=O) groups excluding carboxylic acids is 2. The summed E-state index contributed by atoms with van der Waals surface area (Å²) < 4.78 is 12.8. The van der Waals surface area contributed by atoms with Crippen LogP contribution in [0.3, 0.4) is 0 Å². The first-order valence-electron chi connectivity index (χ1n) is 7.87. The quantitative estimate of drug-likeness (QED) is 0.623. The van der Waals surface area contributed by atoms with Crippen molar-refractivity contribution in [3.05, 3.63) is 35.6 Å². The van der Waals surface area contributed by atoms with Crippen LogP contribution in [0.1, 0.15) is 18.4 Å². The normalized spacial score (nSPS) is 17.3. The first-order valence-corrected chi connectivity index (χ1v) is 7.87. The molecule has 6 nitrogen and oxygen atoms in total. The zero-order valence-corrected chi connectivity index (χ0v) is 13.0. The third kappa shape index (κ3) is 6.65. The number of urea groups is 1. The first-order chi connectivity index (χ1) is 11.1. The lowest BCUT2D eigenvalue weighted by Crippen LogP contribution is -2.44. The highest BCUT2D eigenvalue weighted by atomic mass is 19.1. The number of benzene rings is 1. The molecule has 4 N–H and O–H groups in total. The van der Waals surface area contributed by atoms with E-state index in [0.717, 1.165) is 31.5 Å². The summed E-state index contributed by atoms with van der Waals surface area (Å²) in [6.07, 6.45) is 2.24. The van der Waals surface area contributed by atoms with Gasteiger partial charge in [-0.1, -0.05) is 12.1 Å². The van der Waals surface area contributed by atoms with E-state index in [1.54, 1.807) is 12.1 Å². The van der Waals surface area contributed by atoms with Crippen LogP contribution in [-0.2, 0) is 11.3 Å². The smallest absolute Gasteiger partial charge is 0.315 e. The van der Waals surface area contributed by atoms with E-state index in [1.165, 1.54) is 12.1 Å². The van der Waals surface area contributed by atoms with Crippen molar-refractivity contribution >= 4 is 11.9 Å². The molecule has 1 aliphatic heterocycles. The number of hydrogen-bond acceptors (Lipinski definition) is 3. The molecule has 1 fully saturated rings. The Kier molecular flexibility index (Phi) is 6.80. The number of halogens is 1. The van der Waals surface area contributed by atoms with Crippen LogP contribution in [0.5, 0.6) is 0 Å². The van der Waals surface area contributed by atoms with Gasteiger partial charge in [0.25, 0.3) is 0 Å². The van der Waals surface area contributed by atoms with Gasteiger partial charge in [-0.25, -0.2) is 9.18 Å². The van der Waals surface area contributed by atoms with Gasteiger partial charge in [-0.05, 0) is 49.5 Å². The van der Waals surface area contributed by atoms with Crippen molar-refractivity contribution in [3.63, 3.8) is 0 Å². The molecule has 1 unspecified atom stereocenters. The highest BCUT2D eigenvalue weighted by Gasteiger charge is 2.14. The van der Waals surface area contributed by atoms with Gasteiger partial charge in [-0.15, -0.1) is 0 Å². The lowest BCUT2D eigenvalue weighted by Gasteiger charge is -2.22. The van der Waals surface area contributed by atoms with Gasteiger partial charge >= 0.3 is 6.03 Å². The summed E-state index contributed by atoms with van der Waals surface area (Å²) in [5.74, 6) is -0.0597. The van der Waals surface area contributed by atoms with Crippen LogP contribution in [0.15, 0.2) is 24.3 Å². The summed E-state index contributed by atoms with van der Waals surface area (Å²) in [6, 6.07) is 5.44. The van der Waals surface area contributed by atoms with E-state index in [9.17, 15) is 14.0 Å². The molecule has 126 valence electrons. The Labute approximate surface area is 135 Å². The molecule has 1 saturated heterocycles. The molecular formula is C16H23FN4O2. The van der Waals surface area contributed by atoms with E-state index < -0.39 is 6.03 Å². The molecule has 1 atom stereocenters. The maximum Gasteiger partial charge on any atom is 0.315 e. The SMILES string of the molecule is O=C(CNC(=O)NCc1ccc(F)cc1)NCC1CCCNC1. The van der Waals surface area contributed by atoms with Gasteiger partial charge in [0.05, 0.1) is 6.54 Å². The molecule has 0 spiro atoms. The average Bonchev–Trinajstić information content (AvgIpc) is 2.58. The van der Waals surface area contributed by atoms with Gasteiger partial charge < -0.3 is 21.3 Å². The fraction of sp³-hybridized carbons (Fsp3) is 0.500. The highest BCUT2D eigenvalue weighted by molar-refractivity contribution is 5.83. The van der Waals surface area contributed by atoms with Crippen LogP contribution in [-0.4, -0.2) is 38.1 Å². The van der Waals surface area contributed by atoms with Crippen molar-refractivity contribution in [2.24, 2.45) is 5.92 Å². The van der Waals surface area contributed by atoms with Crippen LogP contribution in [0.25, 0.3) is 0 Å². The van der Waals surface area contributed by atoms with E-state index in [-0.39, 0.29) is 24.8 Å². The second-order valence-corrected chi connectivity index (χ2v) is 5.68. The topological polar surface area (TPSA) is 82.3 Å². The average molecular weight is 322 g/mol. The summed E-state index contributed by atoms with van der Waals surface area (Å²) in [5, 5.41) is 11.2. The van der Waals surface area contributed by atoms with Crippen molar-refractivity contribution in [3.8, 4) is 0 Å². The van der Waals surface area contributed by atoms with Crippen molar-refractivity contribution < 1.29 is 14.0 Å².